The normalized spacial score (nSPS) is 11.5. The van der Waals surface area contributed by atoms with E-state index in [2.05, 4.69) is 9.93 Å². The van der Waals surface area contributed by atoms with Gasteiger partial charge in [0.05, 0.1) is 23.8 Å². The molecule has 0 bridgehead atoms. The highest BCUT2D eigenvalue weighted by atomic mass is 32.2. The summed E-state index contributed by atoms with van der Waals surface area (Å²) >= 11 is 0. The molecule has 1 N–H and O–H groups in total. The molecule has 0 atom stereocenters. The van der Waals surface area contributed by atoms with Crippen molar-refractivity contribution in [1.82, 2.24) is 4.83 Å². The van der Waals surface area contributed by atoms with Crippen LogP contribution in [0.15, 0.2) is 94.9 Å². The number of ether oxygens (including phenoxy) is 2. The third kappa shape index (κ3) is 5.07. The summed E-state index contributed by atoms with van der Waals surface area (Å²) in [6, 6.07) is 24.2. The van der Waals surface area contributed by atoms with Crippen LogP contribution in [0.1, 0.15) is 21.5 Å². The zero-order valence-corrected chi connectivity index (χ0v) is 19.4. The van der Waals surface area contributed by atoms with Gasteiger partial charge in [-0.1, -0.05) is 54.1 Å². The number of nitrogens with zero attached hydrogens (tertiary/aromatic N) is 1. The van der Waals surface area contributed by atoms with E-state index in [0.717, 1.165) is 16.3 Å². The van der Waals surface area contributed by atoms with Crippen LogP contribution in [-0.4, -0.2) is 27.7 Å². The number of nitrogens with one attached hydrogen (secondary N) is 1. The Balaban J connectivity index is 1.55. The first-order valence-corrected chi connectivity index (χ1v) is 11.9. The summed E-state index contributed by atoms with van der Waals surface area (Å²) in [7, 11) is -2.34. The minimum atomic E-state index is -3.80. The van der Waals surface area contributed by atoms with Crippen molar-refractivity contribution in [1.29, 1.82) is 0 Å². The maximum absolute atomic E-state index is 12.9. The molecule has 4 aromatic carbocycles. The summed E-state index contributed by atoms with van der Waals surface area (Å²) in [6.45, 7) is 1.87. The van der Waals surface area contributed by atoms with Crippen molar-refractivity contribution in [2.75, 3.05) is 7.11 Å². The summed E-state index contributed by atoms with van der Waals surface area (Å²) in [5, 5.41) is 5.54. The number of methoxy groups -OCH3 is 1. The van der Waals surface area contributed by atoms with Crippen molar-refractivity contribution < 1.29 is 22.7 Å². The predicted molar refractivity (Wildman–Crippen MR) is 131 cm³/mol. The summed E-state index contributed by atoms with van der Waals surface area (Å²) in [5.41, 5.74) is 1.88. The third-order valence-corrected chi connectivity index (χ3v) is 6.36. The second kappa shape index (κ2) is 9.76. The molecule has 0 aromatic heterocycles. The lowest BCUT2D eigenvalue weighted by molar-refractivity contribution is 0.0732. The van der Waals surface area contributed by atoms with Crippen LogP contribution in [0.4, 0.5) is 0 Å². The molecule has 0 aliphatic heterocycles. The molecule has 7 nitrogen and oxygen atoms in total. The Bertz CT molecular complexity index is 1470. The van der Waals surface area contributed by atoms with Gasteiger partial charge in [-0.2, -0.15) is 13.5 Å². The average Bonchev–Trinajstić information content (AvgIpc) is 2.84. The average molecular weight is 475 g/mol. The predicted octanol–water partition coefficient (Wildman–Crippen LogP) is 4.69. The fraction of sp³-hybridized carbons (Fsp3) is 0.0769. The Hall–Kier alpha value is -4.17. The molecule has 0 spiro atoms. The Kier molecular flexibility index (Phi) is 6.60. The SMILES string of the molecule is COc1ccc(/C=N\NS(=O)(=O)c2ccc(C)cc2)cc1OC(=O)c1cccc2ccccc12. The van der Waals surface area contributed by atoms with Crippen LogP contribution in [0.3, 0.4) is 0 Å². The number of carbonyl (C=O) groups is 1. The van der Waals surface area contributed by atoms with Crippen LogP contribution in [0.5, 0.6) is 11.5 Å². The zero-order chi connectivity index (χ0) is 24.1. The molecule has 34 heavy (non-hydrogen) atoms. The van der Waals surface area contributed by atoms with Gasteiger partial charge in [0.2, 0.25) is 0 Å². The number of esters is 1. The van der Waals surface area contributed by atoms with Crippen molar-refractivity contribution in [2.24, 2.45) is 5.10 Å². The number of carbonyl (C=O) groups excluding carboxylic acids is 1. The van der Waals surface area contributed by atoms with E-state index in [1.807, 2.05) is 37.3 Å². The van der Waals surface area contributed by atoms with E-state index in [1.54, 1.807) is 42.5 Å². The van der Waals surface area contributed by atoms with Gasteiger partial charge in [0, 0.05) is 0 Å². The molecule has 172 valence electrons. The second-order valence-corrected chi connectivity index (χ2v) is 9.15. The number of benzene rings is 4. The topological polar surface area (TPSA) is 94.1 Å². The number of sulfonamides is 1. The van der Waals surface area contributed by atoms with E-state index in [-0.39, 0.29) is 10.6 Å². The summed E-state index contributed by atoms with van der Waals surface area (Å²) < 4.78 is 35.7. The van der Waals surface area contributed by atoms with Crippen LogP contribution < -0.4 is 14.3 Å². The van der Waals surface area contributed by atoms with Gasteiger partial charge in [0.25, 0.3) is 10.0 Å². The summed E-state index contributed by atoms with van der Waals surface area (Å²) in [5.74, 6) is 0.000936. The number of aryl methyl sites for hydroxylation is 1. The highest BCUT2D eigenvalue weighted by molar-refractivity contribution is 7.89. The zero-order valence-electron chi connectivity index (χ0n) is 18.6. The Labute approximate surface area is 197 Å². The minimum Gasteiger partial charge on any atom is -0.493 e. The molecule has 0 saturated carbocycles. The summed E-state index contributed by atoms with van der Waals surface area (Å²) in [6.07, 6.45) is 1.32. The van der Waals surface area contributed by atoms with Gasteiger partial charge in [-0.3, -0.25) is 0 Å². The van der Waals surface area contributed by atoms with Crippen LogP contribution in [0.25, 0.3) is 10.8 Å². The van der Waals surface area contributed by atoms with Gasteiger partial charge in [0.15, 0.2) is 11.5 Å². The number of fused-ring (bicyclic) bond motifs is 1. The molecule has 0 amide bonds. The molecule has 0 radical (unpaired) electrons. The van der Waals surface area contributed by atoms with E-state index in [1.165, 1.54) is 25.5 Å². The molecule has 0 aliphatic carbocycles. The molecule has 0 aliphatic rings. The minimum absolute atomic E-state index is 0.106. The number of hydrogen-bond donors (Lipinski definition) is 1. The van der Waals surface area contributed by atoms with Crippen molar-refractivity contribution in [3.63, 3.8) is 0 Å². The van der Waals surface area contributed by atoms with Crippen molar-refractivity contribution >= 4 is 33.0 Å². The number of hydrazone groups is 1. The molecule has 8 heteroatoms. The lowest BCUT2D eigenvalue weighted by atomic mass is 10.0. The number of hydrogen-bond acceptors (Lipinski definition) is 6. The third-order valence-electron chi connectivity index (χ3n) is 5.12. The molecule has 0 unspecified atom stereocenters. The van der Waals surface area contributed by atoms with E-state index in [9.17, 15) is 13.2 Å². The Morgan fingerprint density at radius 1 is 0.912 bits per heavy atom. The maximum atomic E-state index is 12.9. The van der Waals surface area contributed by atoms with Crippen LogP contribution >= 0.6 is 0 Å². The first kappa shape index (κ1) is 23.0. The molecule has 0 saturated heterocycles. The van der Waals surface area contributed by atoms with Gasteiger partial charge in [-0.05, 0) is 59.7 Å². The quantitative estimate of drug-likeness (QED) is 0.182. The van der Waals surface area contributed by atoms with Gasteiger partial charge < -0.3 is 9.47 Å². The Morgan fingerprint density at radius 3 is 2.41 bits per heavy atom. The molecule has 4 rings (SSSR count). The smallest absolute Gasteiger partial charge is 0.344 e. The monoisotopic (exact) mass is 474 g/mol. The van der Waals surface area contributed by atoms with Gasteiger partial charge in [-0.15, -0.1) is 0 Å². The van der Waals surface area contributed by atoms with Crippen LogP contribution in [0, 0.1) is 6.92 Å². The highest BCUT2D eigenvalue weighted by Crippen LogP contribution is 2.29. The van der Waals surface area contributed by atoms with Crippen molar-refractivity contribution in [3.05, 3.63) is 102 Å². The largest absolute Gasteiger partial charge is 0.493 e. The first-order valence-electron chi connectivity index (χ1n) is 10.4. The van der Waals surface area contributed by atoms with Crippen LogP contribution in [0.2, 0.25) is 0 Å². The van der Waals surface area contributed by atoms with E-state index >= 15 is 0 Å². The van der Waals surface area contributed by atoms with Gasteiger partial charge >= 0.3 is 5.97 Å². The first-order chi connectivity index (χ1) is 16.4. The lowest BCUT2D eigenvalue weighted by Gasteiger charge is -2.11. The van der Waals surface area contributed by atoms with Gasteiger partial charge in [0.1, 0.15) is 0 Å². The molecular formula is C26H22N2O5S. The summed E-state index contributed by atoms with van der Waals surface area (Å²) in [4.78, 5) is 15.2. The molecule has 0 fully saturated rings. The van der Waals surface area contributed by atoms with E-state index in [4.69, 9.17) is 9.47 Å². The highest BCUT2D eigenvalue weighted by Gasteiger charge is 2.16. The molecule has 0 heterocycles. The van der Waals surface area contributed by atoms with Crippen LogP contribution in [-0.2, 0) is 10.0 Å². The lowest BCUT2D eigenvalue weighted by Crippen LogP contribution is -2.18. The fourth-order valence-electron chi connectivity index (χ4n) is 3.35. The number of rotatable bonds is 7. The second-order valence-electron chi connectivity index (χ2n) is 7.49. The van der Waals surface area contributed by atoms with Crippen molar-refractivity contribution in [3.8, 4) is 11.5 Å². The standard InChI is InChI=1S/C26H22N2O5S/c1-18-10-13-21(14-11-18)34(30,31)28-27-17-19-12-15-24(32-2)25(16-19)33-26(29)23-9-5-7-20-6-3-4-8-22(20)23/h3-17,28H,1-2H3/b27-17-. The molecular weight excluding hydrogens is 452 g/mol. The van der Waals surface area contributed by atoms with E-state index in [0.29, 0.717) is 16.9 Å². The fourth-order valence-corrected chi connectivity index (χ4v) is 4.14. The Morgan fingerprint density at radius 2 is 1.65 bits per heavy atom. The maximum Gasteiger partial charge on any atom is 0.344 e. The van der Waals surface area contributed by atoms with E-state index < -0.39 is 16.0 Å². The molecule has 4 aromatic rings. The van der Waals surface area contributed by atoms with Gasteiger partial charge in [-0.25, -0.2) is 9.63 Å². The van der Waals surface area contributed by atoms with Crippen molar-refractivity contribution in [2.45, 2.75) is 11.8 Å².